The number of aliphatic hydroxyl groups excluding tert-OH is 1. The number of hydrogen-bond acceptors (Lipinski definition) is 4. The van der Waals surface area contributed by atoms with Crippen molar-refractivity contribution in [1.82, 2.24) is 0 Å². The molecule has 1 aromatic rings. The fourth-order valence-electron chi connectivity index (χ4n) is 1.16. The summed E-state index contributed by atoms with van der Waals surface area (Å²) in [7, 11) is 0. The number of nitro groups is 1. The first kappa shape index (κ1) is 10.5. The number of hydrogen-bond donors (Lipinski definition) is 2. The summed E-state index contributed by atoms with van der Waals surface area (Å²) in [5.41, 5.74) is 0.349. The van der Waals surface area contributed by atoms with Crippen molar-refractivity contribution in [2.75, 3.05) is 0 Å². The van der Waals surface area contributed by atoms with Crippen LogP contribution in [0.25, 0.3) is 0 Å². The van der Waals surface area contributed by atoms with Crippen LogP contribution in [0.1, 0.15) is 12.5 Å². The smallest absolute Gasteiger partial charge is 0.273 e. The Labute approximate surface area is 80.8 Å². The molecule has 14 heavy (non-hydrogen) atoms. The highest BCUT2D eigenvalue weighted by Gasteiger charge is 2.10. The summed E-state index contributed by atoms with van der Waals surface area (Å²) in [6, 6.07) is 3.83. The number of benzene rings is 1. The summed E-state index contributed by atoms with van der Waals surface area (Å²) in [5.74, 6) is -0.153. The third-order valence-electron chi connectivity index (χ3n) is 1.80. The zero-order valence-corrected chi connectivity index (χ0v) is 7.67. The van der Waals surface area contributed by atoms with Gasteiger partial charge in [-0.3, -0.25) is 10.1 Å². The molecule has 76 valence electrons. The number of rotatable bonds is 3. The van der Waals surface area contributed by atoms with Gasteiger partial charge in [0.2, 0.25) is 0 Å². The van der Waals surface area contributed by atoms with Gasteiger partial charge in [-0.2, -0.15) is 0 Å². The van der Waals surface area contributed by atoms with E-state index in [0.717, 1.165) is 6.07 Å². The normalized spacial score (nSPS) is 12.4. The van der Waals surface area contributed by atoms with Gasteiger partial charge in [-0.25, -0.2) is 0 Å². The number of nitrogens with zero attached hydrogens (tertiary/aromatic N) is 1. The maximum atomic E-state index is 10.3. The van der Waals surface area contributed by atoms with E-state index < -0.39 is 11.0 Å². The van der Waals surface area contributed by atoms with Crippen LogP contribution < -0.4 is 0 Å². The van der Waals surface area contributed by atoms with E-state index in [9.17, 15) is 15.2 Å². The lowest BCUT2D eigenvalue weighted by Crippen LogP contribution is -2.04. The monoisotopic (exact) mass is 197 g/mol. The molecule has 2 N–H and O–H groups in total. The molecule has 0 saturated carbocycles. The Bertz CT molecular complexity index is 349. The van der Waals surface area contributed by atoms with Gasteiger partial charge < -0.3 is 10.2 Å². The molecule has 1 rings (SSSR count). The maximum absolute atomic E-state index is 10.3. The van der Waals surface area contributed by atoms with E-state index in [4.69, 9.17) is 5.11 Å². The zero-order chi connectivity index (χ0) is 10.7. The number of aliphatic hydroxyl groups is 1. The van der Waals surface area contributed by atoms with Crippen LogP contribution in [0.2, 0.25) is 0 Å². The van der Waals surface area contributed by atoms with Crippen LogP contribution in [-0.2, 0) is 6.42 Å². The quantitative estimate of drug-likeness (QED) is 0.563. The minimum Gasteiger partial charge on any atom is -0.507 e. The Hall–Kier alpha value is -1.62. The van der Waals surface area contributed by atoms with Gasteiger partial charge in [0.15, 0.2) is 0 Å². The molecule has 5 heteroatoms. The average molecular weight is 197 g/mol. The molecule has 0 aliphatic rings. The molecule has 0 saturated heterocycles. The van der Waals surface area contributed by atoms with Crippen molar-refractivity contribution >= 4 is 5.69 Å². The van der Waals surface area contributed by atoms with E-state index >= 15 is 0 Å². The predicted octanol–water partition coefficient (Wildman–Crippen LogP) is 1.22. The first-order valence-electron chi connectivity index (χ1n) is 4.15. The van der Waals surface area contributed by atoms with Crippen molar-refractivity contribution in [1.29, 1.82) is 0 Å². The van der Waals surface area contributed by atoms with Gasteiger partial charge in [-0.15, -0.1) is 0 Å². The van der Waals surface area contributed by atoms with E-state index in [2.05, 4.69) is 0 Å². The maximum Gasteiger partial charge on any atom is 0.273 e. The predicted molar refractivity (Wildman–Crippen MR) is 50.1 cm³/mol. The molecule has 1 aromatic carbocycles. The molecule has 0 radical (unpaired) electrons. The first-order valence-corrected chi connectivity index (χ1v) is 4.15. The summed E-state index contributed by atoms with van der Waals surface area (Å²) in [5, 5.41) is 28.8. The van der Waals surface area contributed by atoms with Gasteiger partial charge in [0.25, 0.3) is 5.69 Å². The fourth-order valence-corrected chi connectivity index (χ4v) is 1.16. The van der Waals surface area contributed by atoms with Crippen molar-refractivity contribution < 1.29 is 15.1 Å². The lowest BCUT2D eigenvalue weighted by Gasteiger charge is -2.05. The second-order valence-corrected chi connectivity index (χ2v) is 3.12. The highest BCUT2D eigenvalue weighted by atomic mass is 16.6. The second-order valence-electron chi connectivity index (χ2n) is 3.12. The molecule has 0 aliphatic heterocycles. The van der Waals surface area contributed by atoms with Crippen molar-refractivity contribution in [2.45, 2.75) is 19.4 Å². The third-order valence-corrected chi connectivity index (χ3v) is 1.80. The van der Waals surface area contributed by atoms with Gasteiger partial charge in [0.05, 0.1) is 17.1 Å². The molecule has 0 spiro atoms. The third kappa shape index (κ3) is 2.43. The summed E-state index contributed by atoms with van der Waals surface area (Å²) < 4.78 is 0. The van der Waals surface area contributed by atoms with Crippen molar-refractivity contribution in [2.24, 2.45) is 0 Å². The minimum atomic E-state index is -0.581. The number of nitro benzene ring substituents is 1. The van der Waals surface area contributed by atoms with Crippen LogP contribution >= 0.6 is 0 Å². The lowest BCUT2D eigenvalue weighted by molar-refractivity contribution is -0.384. The molecule has 0 fully saturated rings. The standard InChI is InChI=1S/C9H11NO4/c1-6(11)4-7-2-3-8(10(13)14)5-9(7)12/h2-3,5-6,11-12H,4H2,1H3. The van der Waals surface area contributed by atoms with Crippen molar-refractivity contribution in [3.63, 3.8) is 0 Å². The molecular formula is C9H11NO4. The number of aromatic hydroxyl groups is 1. The Morgan fingerprint density at radius 1 is 1.57 bits per heavy atom. The SMILES string of the molecule is CC(O)Cc1ccc([N+](=O)[O-])cc1O. The largest absolute Gasteiger partial charge is 0.507 e. The summed E-state index contributed by atoms with van der Waals surface area (Å²) in [4.78, 5) is 9.75. The van der Waals surface area contributed by atoms with Gasteiger partial charge in [-0.05, 0) is 18.6 Å². The molecule has 0 amide bonds. The van der Waals surface area contributed by atoms with Crippen LogP contribution in [0, 0.1) is 10.1 Å². The van der Waals surface area contributed by atoms with E-state index in [0.29, 0.717) is 5.56 Å². The van der Waals surface area contributed by atoms with E-state index in [1.807, 2.05) is 0 Å². The van der Waals surface area contributed by atoms with Crippen LogP contribution in [0.15, 0.2) is 18.2 Å². The first-order chi connectivity index (χ1) is 6.50. The van der Waals surface area contributed by atoms with Gasteiger partial charge in [0.1, 0.15) is 5.75 Å². The zero-order valence-electron chi connectivity index (χ0n) is 7.67. The van der Waals surface area contributed by atoms with Crippen molar-refractivity contribution in [3.05, 3.63) is 33.9 Å². The summed E-state index contributed by atoms with van der Waals surface area (Å²) in [6.07, 6.45) is -0.300. The summed E-state index contributed by atoms with van der Waals surface area (Å²) in [6.45, 7) is 1.58. The summed E-state index contributed by atoms with van der Waals surface area (Å²) >= 11 is 0. The molecule has 0 heterocycles. The highest BCUT2D eigenvalue weighted by molar-refractivity contribution is 5.43. The Kier molecular flexibility index (Phi) is 3.03. The van der Waals surface area contributed by atoms with E-state index in [-0.39, 0.29) is 17.9 Å². The van der Waals surface area contributed by atoms with Crippen LogP contribution in [0.5, 0.6) is 5.75 Å². The molecule has 5 nitrogen and oxygen atoms in total. The molecule has 1 unspecified atom stereocenters. The molecule has 0 aromatic heterocycles. The fraction of sp³-hybridized carbons (Fsp3) is 0.333. The molecule has 0 bridgehead atoms. The average Bonchev–Trinajstić information content (AvgIpc) is 2.07. The van der Waals surface area contributed by atoms with Crippen LogP contribution in [0.4, 0.5) is 5.69 Å². The van der Waals surface area contributed by atoms with Crippen molar-refractivity contribution in [3.8, 4) is 5.75 Å². The second kappa shape index (κ2) is 4.06. The topological polar surface area (TPSA) is 83.6 Å². The van der Waals surface area contributed by atoms with E-state index in [1.54, 1.807) is 6.92 Å². The minimum absolute atomic E-state index is 0.153. The Morgan fingerprint density at radius 2 is 2.21 bits per heavy atom. The van der Waals surface area contributed by atoms with Crippen LogP contribution in [-0.4, -0.2) is 21.2 Å². The van der Waals surface area contributed by atoms with Gasteiger partial charge in [-0.1, -0.05) is 0 Å². The molecule has 1 atom stereocenters. The number of phenols is 1. The Balaban J connectivity index is 2.95. The number of non-ortho nitro benzene ring substituents is 1. The Morgan fingerprint density at radius 3 is 2.64 bits per heavy atom. The number of phenolic OH excluding ortho intramolecular Hbond substituents is 1. The highest BCUT2D eigenvalue weighted by Crippen LogP contribution is 2.24. The lowest BCUT2D eigenvalue weighted by atomic mass is 10.1. The van der Waals surface area contributed by atoms with Gasteiger partial charge in [0, 0.05) is 12.5 Å². The van der Waals surface area contributed by atoms with E-state index in [1.165, 1.54) is 12.1 Å². The molecular weight excluding hydrogens is 186 g/mol. The van der Waals surface area contributed by atoms with Crippen LogP contribution in [0.3, 0.4) is 0 Å². The molecule has 0 aliphatic carbocycles. The van der Waals surface area contributed by atoms with Gasteiger partial charge >= 0.3 is 0 Å².